The van der Waals surface area contributed by atoms with Crippen LogP contribution in [0.1, 0.15) is 32.0 Å². The number of nitrogens with two attached hydrogens (primary N) is 1. The van der Waals surface area contributed by atoms with E-state index in [9.17, 15) is 0 Å². The Kier molecular flexibility index (Phi) is 7.32. The van der Waals surface area contributed by atoms with Crippen molar-refractivity contribution < 1.29 is 9.47 Å². The Morgan fingerprint density at radius 3 is 2.38 bits per heavy atom. The molecule has 0 saturated carbocycles. The number of hydrogen-bond donors (Lipinski definition) is 1. The molecule has 0 radical (unpaired) electrons. The van der Waals surface area contributed by atoms with Gasteiger partial charge in [-0.3, -0.25) is 0 Å². The van der Waals surface area contributed by atoms with Gasteiger partial charge in [0.1, 0.15) is 18.1 Å². The highest BCUT2D eigenvalue weighted by Gasteiger charge is 2.39. The molecule has 4 aromatic rings. The Morgan fingerprint density at radius 1 is 0.950 bits per heavy atom. The number of hydrogen-bond acceptors (Lipinski definition) is 4. The van der Waals surface area contributed by atoms with Gasteiger partial charge in [0, 0.05) is 46.8 Å². The molecule has 2 heterocycles. The van der Waals surface area contributed by atoms with E-state index >= 15 is 0 Å². The third kappa shape index (κ3) is 5.28. The molecule has 5 rings (SSSR count). The second kappa shape index (κ2) is 10.6. The molecule has 40 heavy (non-hydrogen) atoms. The predicted octanol–water partition coefficient (Wildman–Crippen LogP) is 8.23. The smallest absolute Gasteiger partial charge is 0.161 e. The van der Waals surface area contributed by atoms with Crippen molar-refractivity contribution in [1.29, 1.82) is 0 Å². The van der Waals surface area contributed by atoms with Crippen molar-refractivity contribution >= 4 is 24.8 Å². The number of fused-ring (bicyclic) bond motifs is 1. The highest BCUT2D eigenvalue weighted by Crippen LogP contribution is 2.42. The number of aromatic nitrogens is 1. The standard InChI is InChI=1S/C34H41N3O2Si/c1-24-18-32-31(11-8-12-33(32)37(24)40(6,7)34(2,3)4)26-19-28(36-17-9-10-27(35)22-36)21-30(20-26)39-23-25-13-15-29(38-5)16-14-25/h8-16,18-22H,17,23,35H2,1-7H3. The maximum absolute atomic E-state index is 6.39. The quantitative estimate of drug-likeness (QED) is 0.235. The highest BCUT2D eigenvalue weighted by molar-refractivity contribution is 6.79. The Balaban J connectivity index is 1.60. The van der Waals surface area contributed by atoms with E-state index in [0.29, 0.717) is 6.61 Å². The van der Waals surface area contributed by atoms with Gasteiger partial charge >= 0.3 is 0 Å². The normalized spacial score (nSPS) is 14.0. The third-order valence-electron chi connectivity index (χ3n) is 8.44. The molecule has 2 N–H and O–H groups in total. The number of ether oxygens (including phenoxy) is 2. The molecule has 0 saturated heterocycles. The fourth-order valence-electron chi connectivity index (χ4n) is 5.33. The zero-order valence-electron chi connectivity index (χ0n) is 24.8. The molecule has 1 aliphatic heterocycles. The lowest BCUT2D eigenvalue weighted by Crippen LogP contribution is -2.45. The van der Waals surface area contributed by atoms with E-state index in [-0.39, 0.29) is 5.04 Å². The Morgan fingerprint density at radius 2 is 1.70 bits per heavy atom. The van der Waals surface area contributed by atoms with Gasteiger partial charge in [0.2, 0.25) is 0 Å². The van der Waals surface area contributed by atoms with Crippen LogP contribution >= 0.6 is 0 Å². The lowest BCUT2D eigenvalue weighted by molar-refractivity contribution is 0.306. The van der Waals surface area contributed by atoms with Gasteiger partial charge < -0.3 is 24.3 Å². The van der Waals surface area contributed by atoms with Crippen LogP contribution in [0.2, 0.25) is 18.1 Å². The molecule has 208 valence electrons. The molecule has 5 nitrogen and oxygen atoms in total. The van der Waals surface area contributed by atoms with E-state index in [2.05, 4.69) is 98.5 Å². The summed E-state index contributed by atoms with van der Waals surface area (Å²) in [5, 5.41) is 1.49. The van der Waals surface area contributed by atoms with Crippen molar-refractivity contribution in [2.75, 3.05) is 18.6 Å². The van der Waals surface area contributed by atoms with Crippen LogP contribution < -0.4 is 20.1 Å². The number of benzene rings is 3. The van der Waals surface area contributed by atoms with E-state index in [0.717, 1.165) is 40.6 Å². The van der Waals surface area contributed by atoms with E-state index in [1.54, 1.807) is 7.11 Å². The van der Waals surface area contributed by atoms with Gasteiger partial charge in [0.05, 0.1) is 7.11 Å². The van der Waals surface area contributed by atoms with Crippen LogP contribution in [0, 0.1) is 6.92 Å². The van der Waals surface area contributed by atoms with Gasteiger partial charge in [-0.2, -0.15) is 0 Å². The molecule has 0 amide bonds. The predicted molar refractivity (Wildman–Crippen MR) is 171 cm³/mol. The molecule has 0 atom stereocenters. The molecule has 0 spiro atoms. The van der Waals surface area contributed by atoms with Crippen LogP contribution in [0.25, 0.3) is 22.0 Å². The van der Waals surface area contributed by atoms with Gasteiger partial charge in [0.15, 0.2) is 8.24 Å². The molecule has 0 aliphatic carbocycles. The van der Waals surface area contributed by atoms with Crippen molar-refractivity contribution in [3.63, 3.8) is 0 Å². The molecule has 1 aromatic heterocycles. The largest absolute Gasteiger partial charge is 0.497 e. The van der Waals surface area contributed by atoms with Crippen LogP contribution in [-0.2, 0) is 6.61 Å². The van der Waals surface area contributed by atoms with Gasteiger partial charge in [-0.25, -0.2) is 0 Å². The molecule has 3 aromatic carbocycles. The van der Waals surface area contributed by atoms with Crippen LogP contribution in [0.15, 0.2) is 90.8 Å². The maximum atomic E-state index is 6.39. The summed E-state index contributed by atoms with van der Waals surface area (Å²) < 4.78 is 14.3. The van der Waals surface area contributed by atoms with Crippen LogP contribution in [0.4, 0.5) is 5.69 Å². The first-order valence-corrected chi connectivity index (χ1v) is 16.9. The van der Waals surface area contributed by atoms with Crippen molar-refractivity contribution in [2.24, 2.45) is 5.73 Å². The summed E-state index contributed by atoms with van der Waals surface area (Å²) in [5.74, 6) is 1.66. The zero-order chi connectivity index (χ0) is 28.7. The average molecular weight is 552 g/mol. The van der Waals surface area contributed by atoms with Gasteiger partial charge in [-0.15, -0.1) is 0 Å². The third-order valence-corrected chi connectivity index (χ3v) is 13.8. The summed E-state index contributed by atoms with van der Waals surface area (Å²) in [6.07, 6.45) is 6.03. The lowest BCUT2D eigenvalue weighted by atomic mass is 10.00. The minimum absolute atomic E-state index is 0.218. The second-order valence-electron chi connectivity index (χ2n) is 12.2. The Labute approximate surface area is 239 Å². The minimum Gasteiger partial charge on any atom is -0.497 e. The summed E-state index contributed by atoms with van der Waals surface area (Å²) in [7, 11) is -0.151. The van der Waals surface area contributed by atoms with E-state index in [4.69, 9.17) is 15.2 Å². The first kappa shape index (κ1) is 27.7. The first-order valence-electron chi connectivity index (χ1n) is 13.9. The SMILES string of the molecule is COc1ccc(COc2cc(-c3cccc4c3cc(C)n4[Si](C)(C)C(C)(C)C)cc(N3C=C(N)C=CC3)c2)cc1. The van der Waals surface area contributed by atoms with E-state index in [1.165, 1.54) is 22.2 Å². The second-order valence-corrected chi connectivity index (χ2v) is 17.3. The van der Waals surface area contributed by atoms with Crippen LogP contribution in [-0.4, -0.2) is 26.1 Å². The average Bonchev–Trinajstić information content (AvgIpc) is 3.28. The summed E-state index contributed by atoms with van der Waals surface area (Å²) in [6.45, 7) is 15.5. The summed E-state index contributed by atoms with van der Waals surface area (Å²) in [6, 6.07) is 23.6. The van der Waals surface area contributed by atoms with Crippen molar-refractivity contribution in [3.8, 4) is 22.6 Å². The van der Waals surface area contributed by atoms with Crippen molar-refractivity contribution in [2.45, 2.75) is 52.4 Å². The number of methoxy groups -OCH3 is 1. The monoisotopic (exact) mass is 551 g/mol. The topological polar surface area (TPSA) is 52.7 Å². The first-order chi connectivity index (χ1) is 19.0. The lowest BCUT2D eigenvalue weighted by Gasteiger charge is -2.39. The number of allylic oxidation sites excluding steroid dienone is 1. The number of anilines is 1. The summed E-state index contributed by atoms with van der Waals surface area (Å²) in [5.41, 5.74) is 14.0. The minimum atomic E-state index is -1.83. The summed E-state index contributed by atoms with van der Waals surface area (Å²) >= 11 is 0. The molecule has 0 bridgehead atoms. The molecule has 0 fully saturated rings. The number of rotatable bonds is 7. The molecular weight excluding hydrogens is 510 g/mol. The molecular formula is C34H41N3O2Si. The van der Waals surface area contributed by atoms with Crippen molar-refractivity contribution in [3.05, 3.63) is 102 Å². The van der Waals surface area contributed by atoms with Gasteiger partial charge in [0.25, 0.3) is 0 Å². The highest BCUT2D eigenvalue weighted by atomic mass is 28.3. The maximum Gasteiger partial charge on any atom is 0.161 e. The van der Waals surface area contributed by atoms with Gasteiger partial charge in [-0.1, -0.05) is 64.2 Å². The number of nitrogens with zero attached hydrogens (tertiary/aromatic N) is 2. The van der Waals surface area contributed by atoms with E-state index < -0.39 is 8.24 Å². The number of aryl methyl sites for hydroxylation is 1. The molecule has 1 aliphatic rings. The van der Waals surface area contributed by atoms with Gasteiger partial charge in [-0.05, 0) is 71.1 Å². The fourth-order valence-corrected chi connectivity index (χ4v) is 7.74. The van der Waals surface area contributed by atoms with Crippen molar-refractivity contribution in [1.82, 2.24) is 4.23 Å². The molecule has 0 unspecified atom stereocenters. The molecule has 6 heteroatoms. The fraction of sp³-hybridized carbons (Fsp3) is 0.294. The zero-order valence-corrected chi connectivity index (χ0v) is 25.8. The Bertz CT molecular complexity index is 1590. The van der Waals surface area contributed by atoms with Crippen LogP contribution in [0.5, 0.6) is 11.5 Å². The van der Waals surface area contributed by atoms with Crippen LogP contribution in [0.3, 0.4) is 0 Å². The van der Waals surface area contributed by atoms with E-state index in [1.807, 2.05) is 36.5 Å². The Hall–Kier alpha value is -3.90. The summed E-state index contributed by atoms with van der Waals surface area (Å²) in [4.78, 5) is 2.17.